The third-order valence-corrected chi connectivity index (χ3v) is 4.17. The van der Waals surface area contributed by atoms with Crippen LogP contribution < -0.4 is 5.73 Å². The molecule has 0 radical (unpaired) electrons. The molecule has 0 bridgehead atoms. The van der Waals surface area contributed by atoms with E-state index in [2.05, 4.69) is 6.92 Å². The minimum Gasteiger partial charge on any atom is -0.339 e. The standard InChI is InChI=1S/C15H22Cl2N2O/c1-4-5-11(9-18)15(20)19(3)10(2)13-7-6-12(16)8-14(13)17/h6-8,10-11H,4-5,9,18H2,1-3H3. The molecular weight excluding hydrogens is 295 g/mol. The molecule has 0 spiro atoms. The monoisotopic (exact) mass is 316 g/mol. The maximum absolute atomic E-state index is 12.4. The van der Waals surface area contributed by atoms with Gasteiger partial charge in [-0.15, -0.1) is 0 Å². The molecule has 0 heterocycles. The second-order valence-electron chi connectivity index (χ2n) is 5.01. The van der Waals surface area contributed by atoms with Crippen molar-refractivity contribution in [2.24, 2.45) is 11.7 Å². The van der Waals surface area contributed by atoms with Gasteiger partial charge in [0.2, 0.25) is 5.91 Å². The first-order chi connectivity index (χ1) is 9.42. The summed E-state index contributed by atoms with van der Waals surface area (Å²) in [5.74, 6) is -0.0635. The molecule has 2 atom stereocenters. The highest BCUT2D eigenvalue weighted by Gasteiger charge is 2.25. The highest BCUT2D eigenvalue weighted by molar-refractivity contribution is 6.35. The largest absolute Gasteiger partial charge is 0.339 e. The second-order valence-corrected chi connectivity index (χ2v) is 5.86. The number of rotatable bonds is 6. The van der Waals surface area contributed by atoms with Gasteiger partial charge in [-0.25, -0.2) is 0 Å². The predicted octanol–water partition coefficient (Wildman–Crippen LogP) is 3.89. The van der Waals surface area contributed by atoms with Gasteiger partial charge in [0, 0.05) is 23.6 Å². The van der Waals surface area contributed by atoms with E-state index < -0.39 is 0 Å². The van der Waals surface area contributed by atoms with Crippen LogP contribution in [0.15, 0.2) is 18.2 Å². The van der Waals surface area contributed by atoms with Gasteiger partial charge in [0.05, 0.1) is 12.0 Å². The lowest BCUT2D eigenvalue weighted by atomic mass is 10.00. The average Bonchev–Trinajstić information content (AvgIpc) is 2.42. The molecule has 20 heavy (non-hydrogen) atoms. The lowest BCUT2D eigenvalue weighted by molar-refractivity contribution is -0.136. The average molecular weight is 317 g/mol. The molecule has 2 unspecified atom stereocenters. The number of carbonyl (C=O) groups is 1. The van der Waals surface area contributed by atoms with Crippen LogP contribution in [0, 0.1) is 5.92 Å². The number of hydrogen-bond donors (Lipinski definition) is 1. The molecule has 5 heteroatoms. The van der Waals surface area contributed by atoms with E-state index in [1.54, 1.807) is 24.1 Å². The fraction of sp³-hybridized carbons (Fsp3) is 0.533. The van der Waals surface area contributed by atoms with E-state index in [-0.39, 0.29) is 17.9 Å². The van der Waals surface area contributed by atoms with Crippen LogP contribution in [0.5, 0.6) is 0 Å². The molecule has 0 aliphatic heterocycles. The first-order valence-corrected chi connectivity index (χ1v) is 7.59. The van der Waals surface area contributed by atoms with E-state index in [4.69, 9.17) is 28.9 Å². The number of nitrogens with two attached hydrogens (primary N) is 1. The zero-order chi connectivity index (χ0) is 15.3. The summed E-state index contributed by atoms with van der Waals surface area (Å²) in [6.45, 7) is 4.38. The van der Waals surface area contributed by atoms with E-state index in [0.717, 1.165) is 18.4 Å². The number of hydrogen-bond acceptors (Lipinski definition) is 2. The minimum atomic E-state index is -0.126. The molecule has 0 saturated carbocycles. The Morgan fingerprint density at radius 1 is 1.40 bits per heavy atom. The topological polar surface area (TPSA) is 46.3 Å². The number of carbonyl (C=O) groups excluding carboxylic acids is 1. The third-order valence-electron chi connectivity index (χ3n) is 3.61. The van der Waals surface area contributed by atoms with Crippen molar-refractivity contribution < 1.29 is 4.79 Å². The van der Waals surface area contributed by atoms with Gasteiger partial charge in [-0.05, 0) is 31.0 Å². The molecule has 2 N–H and O–H groups in total. The molecule has 1 amide bonds. The fourth-order valence-electron chi connectivity index (χ4n) is 2.22. The van der Waals surface area contributed by atoms with Crippen molar-refractivity contribution in [3.63, 3.8) is 0 Å². The van der Waals surface area contributed by atoms with E-state index in [1.165, 1.54) is 0 Å². The molecule has 0 saturated heterocycles. The maximum Gasteiger partial charge on any atom is 0.227 e. The Bertz CT molecular complexity index is 465. The highest BCUT2D eigenvalue weighted by atomic mass is 35.5. The van der Waals surface area contributed by atoms with E-state index in [0.29, 0.717) is 16.6 Å². The molecule has 1 aromatic rings. The minimum absolute atomic E-state index is 0.0628. The Kier molecular flexibility index (Phi) is 6.80. The summed E-state index contributed by atoms with van der Waals surface area (Å²) in [6.07, 6.45) is 1.75. The lowest BCUT2D eigenvalue weighted by Gasteiger charge is -2.29. The SMILES string of the molecule is CCCC(CN)C(=O)N(C)C(C)c1ccc(Cl)cc1Cl. The zero-order valence-corrected chi connectivity index (χ0v) is 13.7. The van der Waals surface area contributed by atoms with Crippen LogP contribution in [0.25, 0.3) is 0 Å². The summed E-state index contributed by atoms with van der Waals surface area (Å²) in [7, 11) is 1.79. The molecule has 0 aliphatic rings. The Hall–Kier alpha value is -0.770. The Morgan fingerprint density at radius 2 is 2.05 bits per heavy atom. The van der Waals surface area contributed by atoms with Crippen LogP contribution in [-0.2, 0) is 4.79 Å². The number of benzene rings is 1. The van der Waals surface area contributed by atoms with Crippen LogP contribution >= 0.6 is 23.2 Å². The molecular formula is C15H22Cl2N2O. The molecule has 1 aromatic carbocycles. The molecule has 0 aliphatic carbocycles. The Morgan fingerprint density at radius 3 is 2.55 bits per heavy atom. The van der Waals surface area contributed by atoms with Crippen molar-refractivity contribution in [2.45, 2.75) is 32.7 Å². The number of halogens is 2. The van der Waals surface area contributed by atoms with Crippen LogP contribution in [0.2, 0.25) is 10.0 Å². The first kappa shape index (κ1) is 17.3. The molecule has 3 nitrogen and oxygen atoms in total. The van der Waals surface area contributed by atoms with E-state index in [1.807, 2.05) is 13.0 Å². The van der Waals surface area contributed by atoms with Gasteiger partial charge in [-0.3, -0.25) is 4.79 Å². The quantitative estimate of drug-likeness (QED) is 0.865. The van der Waals surface area contributed by atoms with Gasteiger partial charge in [-0.1, -0.05) is 42.6 Å². The second kappa shape index (κ2) is 7.87. The summed E-state index contributed by atoms with van der Waals surface area (Å²) in [4.78, 5) is 14.1. The smallest absolute Gasteiger partial charge is 0.227 e. The molecule has 0 fully saturated rings. The van der Waals surface area contributed by atoms with Crippen LogP contribution in [0.1, 0.15) is 38.3 Å². The number of amides is 1. The summed E-state index contributed by atoms with van der Waals surface area (Å²) in [5.41, 5.74) is 6.58. The van der Waals surface area contributed by atoms with E-state index >= 15 is 0 Å². The molecule has 112 valence electrons. The van der Waals surface area contributed by atoms with Gasteiger partial charge in [-0.2, -0.15) is 0 Å². The maximum atomic E-state index is 12.4. The highest BCUT2D eigenvalue weighted by Crippen LogP contribution is 2.30. The van der Waals surface area contributed by atoms with Crippen molar-refractivity contribution >= 4 is 29.1 Å². The van der Waals surface area contributed by atoms with Crippen LogP contribution in [-0.4, -0.2) is 24.4 Å². The summed E-state index contributed by atoms with van der Waals surface area (Å²) in [6, 6.07) is 5.22. The summed E-state index contributed by atoms with van der Waals surface area (Å²) >= 11 is 12.1. The van der Waals surface area contributed by atoms with Gasteiger partial charge in [0.25, 0.3) is 0 Å². The molecule has 1 rings (SSSR count). The lowest BCUT2D eigenvalue weighted by Crippen LogP contribution is -2.38. The number of nitrogens with zero attached hydrogens (tertiary/aromatic N) is 1. The summed E-state index contributed by atoms with van der Waals surface area (Å²) in [5, 5.41) is 1.16. The van der Waals surface area contributed by atoms with E-state index in [9.17, 15) is 4.79 Å². The van der Waals surface area contributed by atoms with Crippen molar-refractivity contribution in [2.75, 3.05) is 13.6 Å². The first-order valence-electron chi connectivity index (χ1n) is 6.84. The zero-order valence-electron chi connectivity index (χ0n) is 12.2. The van der Waals surface area contributed by atoms with Crippen molar-refractivity contribution in [1.82, 2.24) is 4.90 Å². The predicted molar refractivity (Wildman–Crippen MR) is 85.1 cm³/mol. The van der Waals surface area contributed by atoms with Gasteiger partial charge < -0.3 is 10.6 Å². The molecule has 0 aromatic heterocycles. The van der Waals surface area contributed by atoms with Gasteiger partial charge >= 0.3 is 0 Å². The van der Waals surface area contributed by atoms with Crippen LogP contribution in [0.3, 0.4) is 0 Å². The summed E-state index contributed by atoms with van der Waals surface area (Å²) < 4.78 is 0. The van der Waals surface area contributed by atoms with Gasteiger partial charge in [0.15, 0.2) is 0 Å². The Balaban J connectivity index is 2.89. The third kappa shape index (κ3) is 4.11. The van der Waals surface area contributed by atoms with Crippen LogP contribution in [0.4, 0.5) is 0 Å². The van der Waals surface area contributed by atoms with Crippen molar-refractivity contribution in [3.05, 3.63) is 33.8 Å². The van der Waals surface area contributed by atoms with Crippen molar-refractivity contribution in [1.29, 1.82) is 0 Å². The normalized spacial score (nSPS) is 13.9. The Labute approximate surface area is 131 Å². The fourth-order valence-corrected chi connectivity index (χ4v) is 2.78. The van der Waals surface area contributed by atoms with Gasteiger partial charge in [0.1, 0.15) is 0 Å². The van der Waals surface area contributed by atoms with Crippen molar-refractivity contribution in [3.8, 4) is 0 Å².